The van der Waals surface area contributed by atoms with E-state index >= 15 is 0 Å². The van der Waals surface area contributed by atoms with Gasteiger partial charge < -0.3 is 15.2 Å². The van der Waals surface area contributed by atoms with Gasteiger partial charge >= 0.3 is 0 Å². The maximum atomic E-state index is 9.89. The average molecular weight is 279 g/mol. The van der Waals surface area contributed by atoms with E-state index in [0.29, 0.717) is 25.7 Å². The second-order valence-electron chi connectivity index (χ2n) is 6.00. The molecule has 2 atom stereocenters. The Morgan fingerprint density at radius 1 is 1.15 bits per heavy atom. The normalized spacial score (nSPS) is 14.6. The van der Waals surface area contributed by atoms with Gasteiger partial charge in [0.25, 0.3) is 0 Å². The number of aliphatic hydroxyl groups is 1. The SMILES string of the molecule is Cc1cccc(C(C)NCC(O)COCC(C)C)c1C. The Morgan fingerprint density at radius 2 is 1.85 bits per heavy atom. The molecule has 114 valence electrons. The molecule has 3 heteroatoms. The highest BCUT2D eigenvalue weighted by atomic mass is 16.5. The number of rotatable bonds is 8. The van der Waals surface area contributed by atoms with E-state index in [1.165, 1.54) is 16.7 Å². The van der Waals surface area contributed by atoms with Crippen molar-refractivity contribution in [1.82, 2.24) is 5.32 Å². The number of aliphatic hydroxyl groups excluding tert-OH is 1. The smallest absolute Gasteiger partial charge is 0.0897 e. The van der Waals surface area contributed by atoms with Gasteiger partial charge in [-0.1, -0.05) is 32.0 Å². The molecule has 0 saturated carbocycles. The zero-order valence-corrected chi connectivity index (χ0v) is 13.4. The zero-order chi connectivity index (χ0) is 15.1. The molecule has 1 rings (SSSR count). The van der Waals surface area contributed by atoms with Crippen molar-refractivity contribution in [2.45, 2.75) is 46.8 Å². The fourth-order valence-corrected chi connectivity index (χ4v) is 2.16. The lowest BCUT2D eigenvalue weighted by Crippen LogP contribution is -2.32. The van der Waals surface area contributed by atoms with Gasteiger partial charge in [0.05, 0.1) is 12.7 Å². The molecule has 0 heterocycles. The number of hydrogen-bond acceptors (Lipinski definition) is 3. The Bertz CT molecular complexity index is 404. The Labute approximate surface area is 123 Å². The summed E-state index contributed by atoms with van der Waals surface area (Å²) in [5.41, 5.74) is 3.91. The molecule has 0 aliphatic heterocycles. The average Bonchev–Trinajstić information content (AvgIpc) is 2.38. The lowest BCUT2D eigenvalue weighted by molar-refractivity contribution is 0.0252. The van der Waals surface area contributed by atoms with Gasteiger partial charge in [0, 0.05) is 19.2 Å². The summed E-state index contributed by atoms with van der Waals surface area (Å²) >= 11 is 0. The molecule has 20 heavy (non-hydrogen) atoms. The predicted molar refractivity (Wildman–Crippen MR) is 84.0 cm³/mol. The van der Waals surface area contributed by atoms with Gasteiger partial charge in [-0.05, 0) is 43.4 Å². The van der Waals surface area contributed by atoms with Crippen LogP contribution in [0.5, 0.6) is 0 Å². The molecule has 0 saturated heterocycles. The first kappa shape index (κ1) is 17.2. The summed E-state index contributed by atoms with van der Waals surface area (Å²) in [5.74, 6) is 0.504. The van der Waals surface area contributed by atoms with Crippen LogP contribution in [0.2, 0.25) is 0 Å². The van der Waals surface area contributed by atoms with E-state index in [2.05, 4.69) is 58.1 Å². The van der Waals surface area contributed by atoms with Gasteiger partial charge in [0.2, 0.25) is 0 Å². The molecule has 3 nitrogen and oxygen atoms in total. The lowest BCUT2D eigenvalue weighted by Gasteiger charge is -2.20. The number of ether oxygens (including phenoxy) is 1. The van der Waals surface area contributed by atoms with Gasteiger partial charge in [-0.3, -0.25) is 0 Å². The quantitative estimate of drug-likeness (QED) is 0.768. The molecule has 0 bridgehead atoms. The van der Waals surface area contributed by atoms with Crippen LogP contribution < -0.4 is 5.32 Å². The van der Waals surface area contributed by atoms with Crippen molar-refractivity contribution in [3.05, 3.63) is 34.9 Å². The predicted octanol–water partition coefficient (Wildman–Crippen LogP) is 2.99. The van der Waals surface area contributed by atoms with Crippen LogP contribution in [-0.4, -0.2) is 31.0 Å². The number of aryl methyl sites for hydroxylation is 1. The van der Waals surface area contributed by atoms with Gasteiger partial charge in [-0.25, -0.2) is 0 Å². The van der Waals surface area contributed by atoms with E-state index in [1.54, 1.807) is 0 Å². The van der Waals surface area contributed by atoms with Gasteiger partial charge in [-0.2, -0.15) is 0 Å². The van der Waals surface area contributed by atoms with Crippen LogP contribution in [0.1, 0.15) is 43.5 Å². The minimum Gasteiger partial charge on any atom is -0.389 e. The van der Waals surface area contributed by atoms with Crippen molar-refractivity contribution >= 4 is 0 Å². The highest BCUT2D eigenvalue weighted by Crippen LogP contribution is 2.19. The summed E-state index contributed by atoms with van der Waals surface area (Å²) in [6.45, 7) is 12.2. The fraction of sp³-hybridized carbons (Fsp3) is 0.647. The highest BCUT2D eigenvalue weighted by Gasteiger charge is 2.11. The fourth-order valence-electron chi connectivity index (χ4n) is 2.16. The van der Waals surface area contributed by atoms with Crippen molar-refractivity contribution in [2.75, 3.05) is 19.8 Å². The molecule has 0 aliphatic rings. The maximum Gasteiger partial charge on any atom is 0.0897 e. The van der Waals surface area contributed by atoms with Crippen molar-refractivity contribution in [3.63, 3.8) is 0 Å². The summed E-state index contributed by atoms with van der Waals surface area (Å²) in [4.78, 5) is 0. The van der Waals surface area contributed by atoms with Crippen LogP contribution >= 0.6 is 0 Å². The molecule has 1 aromatic rings. The Morgan fingerprint density at radius 3 is 2.50 bits per heavy atom. The number of benzene rings is 1. The van der Waals surface area contributed by atoms with Crippen molar-refractivity contribution in [3.8, 4) is 0 Å². The van der Waals surface area contributed by atoms with Crippen LogP contribution in [0.15, 0.2) is 18.2 Å². The molecule has 0 aromatic heterocycles. The first-order valence-electron chi connectivity index (χ1n) is 7.47. The third-order valence-electron chi connectivity index (χ3n) is 3.53. The lowest BCUT2D eigenvalue weighted by atomic mass is 9.98. The largest absolute Gasteiger partial charge is 0.389 e. The Balaban J connectivity index is 2.39. The second kappa shape index (κ2) is 8.40. The summed E-state index contributed by atoms with van der Waals surface area (Å²) in [6.07, 6.45) is -0.457. The Hall–Kier alpha value is -0.900. The molecular formula is C17H29NO2. The third kappa shape index (κ3) is 5.61. The van der Waals surface area contributed by atoms with E-state index in [1.807, 2.05) is 0 Å². The molecule has 0 aliphatic carbocycles. The molecule has 0 fully saturated rings. The van der Waals surface area contributed by atoms with Gasteiger partial charge in [-0.15, -0.1) is 0 Å². The van der Waals surface area contributed by atoms with E-state index in [-0.39, 0.29) is 6.04 Å². The highest BCUT2D eigenvalue weighted by molar-refractivity contribution is 5.34. The van der Waals surface area contributed by atoms with Gasteiger partial charge in [0.15, 0.2) is 0 Å². The molecule has 2 N–H and O–H groups in total. The van der Waals surface area contributed by atoms with Gasteiger partial charge in [0.1, 0.15) is 0 Å². The van der Waals surface area contributed by atoms with Crippen molar-refractivity contribution in [1.29, 1.82) is 0 Å². The molecular weight excluding hydrogens is 250 g/mol. The summed E-state index contributed by atoms with van der Waals surface area (Å²) in [5, 5.41) is 13.3. The van der Waals surface area contributed by atoms with Crippen molar-refractivity contribution < 1.29 is 9.84 Å². The van der Waals surface area contributed by atoms with E-state index in [0.717, 1.165) is 0 Å². The van der Waals surface area contributed by atoms with Crippen LogP contribution in [0.3, 0.4) is 0 Å². The molecule has 0 spiro atoms. The van der Waals surface area contributed by atoms with Crippen LogP contribution in [0, 0.1) is 19.8 Å². The number of hydrogen-bond donors (Lipinski definition) is 2. The molecule has 0 radical (unpaired) electrons. The van der Waals surface area contributed by atoms with E-state index < -0.39 is 6.10 Å². The standard InChI is InChI=1S/C17H29NO2/c1-12(2)10-20-11-16(19)9-18-15(5)17-8-6-7-13(3)14(17)4/h6-8,12,15-16,18-19H,9-11H2,1-5H3. The monoisotopic (exact) mass is 279 g/mol. The minimum absolute atomic E-state index is 0.231. The summed E-state index contributed by atoms with van der Waals surface area (Å²) < 4.78 is 5.45. The minimum atomic E-state index is -0.457. The summed E-state index contributed by atoms with van der Waals surface area (Å²) in [7, 11) is 0. The second-order valence-corrected chi connectivity index (χ2v) is 6.00. The van der Waals surface area contributed by atoms with Crippen molar-refractivity contribution in [2.24, 2.45) is 5.92 Å². The summed E-state index contributed by atoms with van der Waals surface area (Å²) in [6, 6.07) is 6.58. The molecule has 1 aromatic carbocycles. The number of nitrogens with one attached hydrogen (secondary N) is 1. The van der Waals surface area contributed by atoms with E-state index in [4.69, 9.17) is 4.74 Å². The van der Waals surface area contributed by atoms with Crippen LogP contribution in [0.25, 0.3) is 0 Å². The molecule has 0 amide bonds. The topological polar surface area (TPSA) is 41.5 Å². The Kier molecular flexibility index (Phi) is 7.20. The zero-order valence-electron chi connectivity index (χ0n) is 13.4. The third-order valence-corrected chi connectivity index (χ3v) is 3.53. The first-order valence-corrected chi connectivity index (χ1v) is 7.47. The molecule has 2 unspecified atom stereocenters. The maximum absolute atomic E-state index is 9.89. The van der Waals surface area contributed by atoms with Crippen LogP contribution in [0.4, 0.5) is 0 Å². The first-order chi connectivity index (χ1) is 9.41. The van der Waals surface area contributed by atoms with Crippen LogP contribution in [-0.2, 0) is 4.74 Å². The van der Waals surface area contributed by atoms with E-state index in [9.17, 15) is 5.11 Å².